The molecule has 18 heavy (non-hydrogen) atoms. The molecule has 5 heteroatoms. The molecule has 0 fully saturated rings. The minimum Gasteiger partial charge on any atom is -0.355 e. The Balaban J connectivity index is 2.27. The number of amides is 1. The van der Waals surface area contributed by atoms with E-state index in [1.54, 1.807) is 11.3 Å². The SMILES string of the molecule is CCCCNC(=O)CNC(C)c1ncc(CC)s1. The molecule has 102 valence electrons. The number of aryl methyl sites for hydroxylation is 1. The molecule has 2 N–H and O–H groups in total. The molecule has 0 aromatic carbocycles. The molecule has 4 nitrogen and oxygen atoms in total. The van der Waals surface area contributed by atoms with Gasteiger partial charge in [0.2, 0.25) is 5.91 Å². The van der Waals surface area contributed by atoms with Crippen molar-refractivity contribution in [1.29, 1.82) is 0 Å². The number of thiazole rings is 1. The van der Waals surface area contributed by atoms with Gasteiger partial charge in [-0.2, -0.15) is 0 Å². The lowest BCUT2D eigenvalue weighted by atomic mass is 10.3. The lowest BCUT2D eigenvalue weighted by molar-refractivity contribution is -0.120. The van der Waals surface area contributed by atoms with Gasteiger partial charge in [0, 0.05) is 17.6 Å². The number of hydrogen-bond donors (Lipinski definition) is 2. The molecule has 0 spiro atoms. The summed E-state index contributed by atoms with van der Waals surface area (Å²) in [6.45, 7) is 7.39. The van der Waals surface area contributed by atoms with Crippen molar-refractivity contribution in [2.45, 2.75) is 46.1 Å². The average molecular weight is 269 g/mol. The summed E-state index contributed by atoms with van der Waals surface area (Å²) >= 11 is 1.71. The van der Waals surface area contributed by atoms with Crippen LogP contribution in [0.25, 0.3) is 0 Å². The predicted molar refractivity (Wildman–Crippen MR) is 75.8 cm³/mol. The van der Waals surface area contributed by atoms with Gasteiger partial charge in [-0.05, 0) is 19.8 Å². The normalized spacial score (nSPS) is 12.4. The zero-order valence-electron chi connectivity index (χ0n) is 11.5. The summed E-state index contributed by atoms with van der Waals surface area (Å²) in [5.74, 6) is 0.0579. The molecule has 1 unspecified atom stereocenters. The van der Waals surface area contributed by atoms with E-state index in [1.165, 1.54) is 4.88 Å². The van der Waals surface area contributed by atoms with Crippen molar-refractivity contribution in [3.8, 4) is 0 Å². The van der Waals surface area contributed by atoms with E-state index < -0.39 is 0 Å². The van der Waals surface area contributed by atoms with Crippen LogP contribution in [0.1, 0.15) is 49.5 Å². The van der Waals surface area contributed by atoms with Crippen molar-refractivity contribution >= 4 is 17.2 Å². The Morgan fingerprint density at radius 3 is 2.89 bits per heavy atom. The van der Waals surface area contributed by atoms with Crippen LogP contribution in [-0.2, 0) is 11.2 Å². The molecule has 0 aliphatic heterocycles. The lowest BCUT2D eigenvalue weighted by Crippen LogP contribution is -2.35. The highest BCUT2D eigenvalue weighted by Gasteiger charge is 2.10. The fourth-order valence-corrected chi connectivity index (χ4v) is 2.37. The summed E-state index contributed by atoms with van der Waals surface area (Å²) < 4.78 is 0. The predicted octanol–water partition coefficient (Wildman–Crippen LogP) is 2.27. The Bertz CT molecular complexity index is 365. The van der Waals surface area contributed by atoms with E-state index in [0.29, 0.717) is 6.54 Å². The van der Waals surface area contributed by atoms with Gasteiger partial charge in [-0.15, -0.1) is 11.3 Å². The quantitative estimate of drug-likeness (QED) is 0.712. The highest BCUT2D eigenvalue weighted by Crippen LogP contribution is 2.19. The summed E-state index contributed by atoms with van der Waals surface area (Å²) in [6.07, 6.45) is 5.07. The van der Waals surface area contributed by atoms with Crippen LogP contribution in [0, 0.1) is 0 Å². The molecule has 1 atom stereocenters. The number of nitrogens with one attached hydrogen (secondary N) is 2. The fraction of sp³-hybridized carbons (Fsp3) is 0.692. The van der Waals surface area contributed by atoms with Gasteiger partial charge in [0.1, 0.15) is 5.01 Å². The molecule has 0 aliphatic carbocycles. The van der Waals surface area contributed by atoms with Gasteiger partial charge in [-0.25, -0.2) is 4.98 Å². The Kier molecular flexibility index (Phi) is 6.90. The maximum atomic E-state index is 11.5. The molecule has 1 amide bonds. The summed E-state index contributed by atoms with van der Waals surface area (Å²) in [5.41, 5.74) is 0. The Hall–Kier alpha value is -0.940. The summed E-state index contributed by atoms with van der Waals surface area (Å²) in [5, 5.41) is 7.14. The van der Waals surface area contributed by atoms with Crippen LogP contribution >= 0.6 is 11.3 Å². The topological polar surface area (TPSA) is 54.0 Å². The van der Waals surface area contributed by atoms with E-state index in [1.807, 2.05) is 13.1 Å². The maximum Gasteiger partial charge on any atom is 0.233 e. The van der Waals surface area contributed by atoms with E-state index in [2.05, 4.69) is 29.5 Å². The molecule has 1 rings (SSSR count). The minimum absolute atomic E-state index is 0.0579. The van der Waals surface area contributed by atoms with Crippen molar-refractivity contribution in [3.63, 3.8) is 0 Å². The van der Waals surface area contributed by atoms with Gasteiger partial charge in [0.15, 0.2) is 0 Å². The van der Waals surface area contributed by atoms with Gasteiger partial charge in [-0.3, -0.25) is 10.1 Å². The number of carbonyl (C=O) groups excluding carboxylic acids is 1. The number of hydrogen-bond acceptors (Lipinski definition) is 4. The third-order valence-electron chi connectivity index (χ3n) is 2.71. The molecular formula is C13H23N3OS. The first kappa shape index (κ1) is 15.1. The molecule has 0 saturated heterocycles. The van der Waals surface area contributed by atoms with Gasteiger partial charge < -0.3 is 5.32 Å². The van der Waals surface area contributed by atoms with Gasteiger partial charge in [-0.1, -0.05) is 20.3 Å². The molecular weight excluding hydrogens is 246 g/mol. The fourth-order valence-electron chi connectivity index (χ4n) is 1.49. The second-order valence-corrected chi connectivity index (χ2v) is 5.47. The molecule has 0 radical (unpaired) electrons. The van der Waals surface area contributed by atoms with Gasteiger partial charge in [0.05, 0.1) is 12.6 Å². The number of aromatic nitrogens is 1. The van der Waals surface area contributed by atoms with Crippen LogP contribution in [0.2, 0.25) is 0 Å². The van der Waals surface area contributed by atoms with E-state index in [0.717, 1.165) is 30.8 Å². The van der Waals surface area contributed by atoms with Crippen LogP contribution in [0.5, 0.6) is 0 Å². The van der Waals surface area contributed by atoms with E-state index in [9.17, 15) is 4.79 Å². The zero-order valence-corrected chi connectivity index (χ0v) is 12.3. The zero-order chi connectivity index (χ0) is 13.4. The Morgan fingerprint density at radius 2 is 2.28 bits per heavy atom. The van der Waals surface area contributed by atoms with Crippen LogP contribution in [0.3, 0.4) is 0 Å². The van der Waals surface area contributed by atoms with Crippen LogP contribution in [-0.4, -0.2) is 24.0 Å². The molecule has 0 aliphatic rings. The van der Waals surface area contributed by atoms with Crippen molar-refractivity contribution in [1.82, 2.24) is 15.6 Å². The highest BCUT2D eigenvalue weighted by atomic mass is 32.1. The second kappa shape index (κ2) is 8.21. The average Bonchev–Trinajstić information content (AvgIpc) is 2.85. The van der Waals surface area contributed by atoms with Crippen molar-refractivity contribution in [3.05, 3.63) is 16.1 Å². The number of carbonyl (C=O) groups is 1. The number of nitrogens with zero attached hydrogens (tertiary/aromatic N) is 1. The largest absolute Gasteiger partial charge is 0.355 e. The Labute approximate surface area is 113 Å². The Morgan fingerprint density at radius 1 is 1.50 bits per heavy atom. The van der Waals surface area contributed by atoms with E-state index in [-0.39, 0.29) is 11.9 Å². The summed E-state index contributed by atoms with van der Waals surface area (Å²) in [4.78, 5) is 17.2. The molecule has 0 bridgehead atoms. The second-order valence-electron chi connectivity index (χ2n) is 4.32. The third-order valence-corrected chi connectivity index (χ3v) is 4.04. The number of rotatable bonds is 8. The molecule has 1 aromatic rings. The van der Waals surface area contributed by atoms with E-state index in [4.69, 9.17) is 0 Å². The highest BCUT2D eigenvalue weighted by molar-refractivity contribution is 7.11. The first-order chi connectivity index (χ1) is 8.67. The molecule has 0 saturated carbocycles. The first-order valence-corrected chi connectivity index (χ1v) is 7.43. The number of unbranched alkanes of at least 4 members (excludes halogenated alkanes) is 1. The van der Waals surface area contributed by atoms with Crippen molar-refractivity contribution in [2.24, 2.45) is 0 Å². The summed E-state index contributed by atoms with van der Waals surface area (Å²) in [6, 6.07) is 0.132. The third kappa shape index (κ3) is 5.14. The lowest BCUT2D eigenvalue weighted by Gasteiger charge is -2.11. The van der Waals surface area contributed by atoms with Crippen LogP contribution in [0.4, 0.5) is 0 Å². The van der Waals surface area contributed by atoms with Gasteiger partial charge in [0.25, 0.3) is 0 Å². The van der Waals surface area contributed by atoms with Crippen molar-refractivity contribution in [2.75, 3.05) is 13.1 Å². The smallest absolute Gasteiger partial charge is 0.233 e. The van der Waals surface area contributed by atoms with Gasteiger partial charge >= 0.3 is 0 Å². The molecule has 1 heterocycles. The first-order valence-electron chi connectivity index (χ1n) is 6.62. The van der Waals surface area contributed by atoms with Crippen LogP contribution in [0.15, 0.2) is 6.20 Å². The maximum absolute atomic E-state index is 11.5. The minimum atomic E-state index is 0.0579. The van der Waals surface area contributed by atoms with E-state index >= 15 is 0 Å². The monoisotopic (exact) mass is 269 g/mol. The van der Waals surface area contributed by atoms with Crippen LogP contribution < -0.4 is 10.6 Å². The summed E-state index contributed by atoms with van der Waals surface area (Å²) in [7, 11) is 0. The standard InChI is InChI=1S/C13H23N3OS/c1-4-6-7-14-12(17)9-15-10(3)13-16-8-11(5-2)18-13/h8,10,15H,4-7,9H2,1-3H3,(H,14,17). The van der Waals surface area contributed by atoms with Crippen molar-refractivity contribution < 1.29 is 4.79 Å². The molecule has 1 aromatic heterocycles.